The molecule has 0 saturated carbocycles. The van der Waals surface area contributed by atoms with Crippen molar-refractivity contribution >= 4 is 23.7 Å². The number of benzene rings is 1. The number of nitrogens with two attached hydrogens (primary N) is 2. The minimum atomic E-state index is -1.36. The molecule has 0 spiro atoms. The molecular formula is C21H33N5O7. The van der Waals surface area contributed by atoms with E-state index in [4.69, 9.17) is 11.5 Å². The number of phenolic OH excluding ortho intramolecular Hbond substituents is 1. The van der Waals surface area contributed by atoms with Gasteiger partial charge in [0.25, 0.3) is 0 Å². The van der Waals surface area contributed by atoms with Crippen LogP contribution in [0.3, 0.4) is 0 Å². The number of aliphatic carboxylic acids is 1. The molecule has 1 aromatic rings. The number of carboxylic acids is 1. The third-order valence-electron chi connectivity index (χ3n) is 4.86. The smallest absolute Gasteiger partial charge is 0.326 e. The van der Waals surface area contributed by atoms with Crippen molar-refractivity contribution in [1.82, 2.24) is 16.0 Å². The molecule has 0 bridgehead atoms. The van der Waals surface area contributed by atoms with Gasteiger partial charge in [-0.05, 0) is 56.8 Å². The summed E-state index contributed by atoms with van der Waals surface area (Å²) in [4.78, 5) is 48.3. The van der Waals surface area contributed by atoms with Gasteiger partial charge in [0.15, 0.2) is 0 Å². The molecule has 0 heterocycles. The van der Waals surface area contributed by atoms with Crippen LogP contribution in [0.1, 0.15) is 31.7 Å². The standard InChI is InChI=1S/C21H33N5O7/c1-12(18(29)25-16(21(32)33)4-2-3-9-22)24-20(31)17(11-27)26-19(30)15(23)10-13-5-7-14(28)8-6-13/h5-8,12,15-17,27-28H,2-4,9-11,22-23H2,1H3,(H,24,31)(H,25,29)(H,26,30)(H,32,33). The van der Waals surface area contributed by atoms with Crippen LogP contribution < -0.4 is 27.4 Å². The van der Waals surface area contributed by atoms with Crippen molar-refractivity contribution in [2.24, 2.45) is 11.5 Å². The quantitative estimate of drug-likeness (QED) is 0.141. The largest absolute Gasteiger partial charge is 0.508 e. The molecule has 0 radical (unpaired) electrons. The van der Waals surface area contributed by atoms with Crippen molar-refractivity contribution in [1.29, 1.82) is 0 Å². The molecule has 0 aromatic heterocycles. The van der Waals surface area contributed by atoms with E-state index in [0.29, 0.717) is 24.9 Å². The number of hydrogen-bond acceptors (Lipinski definition) is 8. The van der Waals surface area contributed by atoms with Crippen molar-refractivity contribution in [3.8, 4) is 5.75 Å². The second-order valence-corrected chi connectivity index (χ2v) is 7.63. The summed E-state index contributed by atoms with van der Waals surface area (Å²) in [5.41, 5.74) is 11.9. The molecule has 0 saturated heterocycles. The van der Waals surface area contributed by atoms with Crippen LogP contribution in [0, 0.1) is 0 Å². The number of phenols is 1. The fourth-order valence-electron chi connectivity index (χ4n) is 2.88. The maximum Gasteiger partial charge on any atom is 0.326 e. The fourth-order valence-corrected chi connectivity index (χ4v) is 2.88. The highest BCUT2D eigenvalue weighted by Gasteiger charge is 2.28. The molecule has 1 aromatic carbocycles. The number of aliphatic hydroxyl groups excluding tert-OH is 1. The highest BCUT2D eigenvalue weighted by molar-refractivity contribution is 5.94. The third-order valence-corrected chi connectivity index (χ3v) is 4.86. The maximum absolute atomic E-state index is 12.4. The number of carbonyl (C=O) groups is 4. The number of nitrogens with one attached hydrogen (secondary N) is 3. The van der Waals surface area contributed by atoms with Crippen LogP contribution >= 0.6 is 0 Å². The minimum Gasteiger partial charge on any atom is -0.508 e. The molecule has 0 aliphatic heterocycles. The number of hydrogen-bond donors (Lipinski definition) is 8. The van der Waals surface area contributed by atoms with Crippen LogP contribution in [0.15, 0.2) is 24.3 Å². The zero-order chi connectivity index (χ0) is 25.0. The summed E-state index contributed by atoms with van der Waals surface area (Å²) >= 11 is 0. The summed E-state index contributed by atoms with van der Waals surface area (Å²) in [5, 5.41) is 35.1. The molecule has 4 atom stereocenters. The van der Waals surface area contributed by atoms with Gasteiger partial charge < -0.3 is 42.7 Å². The van der Waals surface area contributed by atoms with Crippen LogP contribution in [-0.2, 0) is 25.6 Å². The molecule has 33 heavy (non-hydrogen) atoms. The molecular weight excluding hydrogens is 434 g/mol. The van der Waals surface area contributed by atoms with E-state index in [1.165, 1.54) is 19.1 Å². The van der Waals surface area contributed by atoms with E-state index in [1.54, 1.807) is 12.1 Å². The minimum absolute atomic E-state index is 0.0668. The van der Waals surface area contributed by atoms with Crippen LogP contribution in [0.2, 0.25) is 0 Å². The van der Waals surface area contributed by atoms with Gasteiger partial charge in [0.05, 0.1) is 12.6 Å². The first kappa shape index (κ1) is 27.8. The molecule has 4 unspecified atom stereocenters. The number of carboxylic acid groups (broad SMARTS) is 1. The van der Waals surface area contributed by atoms with Gasteiger partial charge in [-0.1, -0.05) is 12.1 Å². The molecule has 3 amide bonds. The molecule has 1 rings (SSSR count). The van der Waals surface area contributed by atoms with E-state index >= 15 is 0 Å². The Morgan fingerprint density at radius 3 is 2.09 bits per heavy atom. The van der Waals surface area contributed by atoms with Gasteiger partial charge in [-0.25, -0.2) is 4.79 Å². The fraction of sp³-hybridized carbons (Fsp3) is 0.524. The normalized spacial score (nSPS) is 14.4. The zero-order valence-corrected chi connectivity index (χ0v) is 18.5. The summed E-state index contributed by atoms with van der Waals surface area (Å²) in [6.45, 7) is 1.01. The molecule has 12 heteroatoms. The number of rotatable bonds is 14. The Morgan fingerprint density at radius 2 is 1.55 bits per heavy atom. The predicted octanol–water partition coefficient (Wildman–Crippen LogP) is -2.06. The Kier molecular flexibility index (Phi) is 11.8. The highest BCUT2D eigenvalue weighted by Crippen LogP contribution is 2.11. The first-order valence-electron chi connectivity index (χ1n) is 10.6. The van der Waals surface area contributed by atoms with E-state index in [9.17, 15) is 34.5 Å². The Labute approximate surface area is 191 Å². The average Bonchev–Trinajstić information content (AvgIpc) is 2.77. The topological polar surface area (TPSA) is 217 Å². The predicted molar refractivity (Wildman–Crippen MR) is 119 cm³/mol. The van der Waals surface area contributed by atoms with Gasteiger partial charge in [0.1, 0.15) is 23.9 Å². The lowest BCUT2D eigenvalue weighted by Crippen LogP contribution is -2.57. The summed E-state index contributed by atoms with van der Waals surface area (Å²) < 4.78 is 0. The molecule has 184 valence electrons. The van der Waals surface area contributed by atoms with Crippen molar-refractivity contribution in [3.05, 3.63) is 29.8 Å². The lowest BCUT2D eigenvalue weighted by Gasteiger charge is -2.22. The van der Waals surface area contributed by atoms with Crippen molar-refractivity contribution in [2.75, 3.05) is 13.2 Å². The lowest BCUT2D eigenvalue weighted by atomic mass is 10.1. The Balaban J connectivity index is 2.61. The number of aromatic hydroxyl groups is 1. The van der Waals surface area contributed by atoms with Gasteiger partial charge in [-0.2, -0.15) is 0 Å². The summed E-state index contributed by atoms with van der Waals surface area (Å²) in [7, 11) is 0. The van der Waals surface area contributed by atoms with Gasteiger partial charge in [0.2, 0.25) is 17.7 Å². The Bertz CT molecular complexity index is 803. The van der Waals surface area contributed by atoms with E-state index in [-0.39, 0.29) is 18.6 Å². The number of aliphatic hydroxyl groups is 1. The lowest BCUT2D eigenvalue weighted by molar-refractivity contribution is -0.142. The van der Waals surface area contributed by atoms with E-state index < -0.39 is 54.5 Å². The summed E-state index contributed by atoms with van der Waals surface area (Å²) in [5.74, 6) is -3.39. The van der Waals surface area contributed by atoms with Crippen molar-refractivity contribution < 1.29 is 34.5 Å². The molecule has 0 aliphatic rings. The van der Waals surface area contributed by atoms with E-state index in [0.717, 1.165) is 0 Å². The van der Waals surface area contributed by atoms with Gasteiger partial charge >= 0.3 is 5.97 Å². The molecule has 12 nitrogen and oxygen atoms in total. The van der Waals surface area contributed by atoms with Crippen molar-refractivity contribution in [3.63, 3.8) is 0 Å². The maximum atomic E-state index is 12.4. The van der Waals surface area contributed by atoms with Gasteiger partial charge in [-0.3, -0.25) is 14.4 Å². The van der Waals surface area contributed by atoms with Crippen LogP contribution in [0.5, 0.6) is 5.75 Å². The molecule has 0 fully saturated rings. The monoisotopic (exact) mass is 467 g/mol. The van der Waals surface area contributed by atoms with Gasteiger partial charge in [-0.15, -0.1) is 0 Å². The first-order valence-corrected chi connectivity index (χ1v) is 10.6. The SMILES string of the molecule is CC(NC(=O)C(CO)NC(=O)C(N)Cc1ccc(O)cc1)C(=O)NC(CCCCN)C(=O)O. The van der Waals surface area contributed by atoms with Crippen LogP contribution in [-0.4, -0.2) is 76.3 Å². The first-order chi connectivity index (χ1) is 15.6. The van der Waals surface area contributed by atoms with Crippen molar-refractivity contribution in [2.45, 2.75) is 56.8 Å². The summed E-state index contributed by atoms with van der Waals surface area (Å²) in [6, 6.07) is 1.45. The zero-order valence-electron chi connectivity index (χ0n) is 18.5. The molecule has 0 aliphatic carbocycles. The highest BCUT2D eigenvalue weighted by atomic mass is 16.4. The summed E-state index contributed by atoms with van der Waals surface area (Å²) in [6.07, 6.45) is 1.44. The average molecular weight is 468 g/mol. The number of unbranched alkanes of at least 4 members (excludes halogenated alkanes) is 1. The second kappa shape index (κ2) is 14.0. The Hall–Kier alpha value is -3.22. The second-order valence-electron chi connectivity index (χ2n) is 7.63. The van der Waals surface area contributed by atoms with Crippen LogP contribution in [0.25, 0.3) is 0 Å². The Morgan fingerprint density at radius 1 is 0.939 bits per heavy atom. The number of amides is 3. The third kappa shape index (κ3) is 9.85. The van der Waals surface area contributed by atoms with Gasteiger partial charge in [0, 0.05) is 0 Å². The molecule has 10 N–H and O–H groups in total. The van der Waals surface area contributed by atoms with E-state index in [1.807, 2.05) is 0 Å². The van der Waals surface area contributed by atoms with Crippen LogP contribution in [0.4, 0.5) is 0 Å². The number of carbonyl (C=O) groups excluding carboxylic acids is 3. The van der Waals surface area contributed by atoms with E-state index in [2.05, 4.69) is 16.0 Å².